The Morgan fingerprint density at radius 2 is 2.86 bits per heavy atom. The Labute approximate surface area is 47.2 Å². The molecular formula is C4H6NOS. The molecule has 0 saturated heterocycles. The fourth-order valence-electron chi connectivity index (χ4n) is 0.355. The summed E-state index contributed by atoms with van der Waals surface area (Å²) in [7, 11) is 1.64. The fraction of sp³-hybridized carbons (Fsp3) is 0.500. The molecule has 0 aromatic heterocycles. The lowest BCUT2D eigenvalue weighted by Gasteiger charge is -2.06. The lowest BCUT2D eigenvalue weighted by molar-refractivity contribution is 0.00724. The Bertz CT molecular complexity index is 83.8. The summed E-state index contributed by atoms with van der Waals surface area (Å²) in [6.07, 6.45) is 4.74. The third kappa shape index (κ3) is 1.11. The average Bonchev–Trinajstić information content (AvgIpc) is 2.14. The van der Waals surface area contributed by atoms with Crippen LogP contribution in [0.2, 0.25) is 0 Å². The Morgan fingerprint density at radius 1 is 2.00 bits per heavy atom. The molecule has 0 aliphatic carbocycles. The minimum atomic E-state index is 0.911. The molecule has 0 atom stereocenters. The Hall–Kier alpha value is -0.150. The van der Waals surface area contributed by atoms with Crippen LogP contribution >= 0.6 is 11.9 Å². The molecule has 1 heterocycles. The van der Waals surface area contributed by atoms with Gasteiger partial charge >= 0.3 is 0 Å². The van der Waals surface area contributed by atoms with Gasteiger partial charge in [0.1, 0.15) is 0 Å². The van der Waals surface area contributed by atoms with E-state index in [1.807, 2.05) is 0 Å². The molecule has 0 bridgehead atoms. The average molecular weight is 116 g/mol. The van der Waals surface area contributed by atoms with E-state index in [1.165, 1.54) is 0 Å². The van der Waals surface area contributed by atoms with E-state index < -0.39 is 0 Å². The molecule has 0 aromatic rings. The first-order chi connectivity index (χ1) is 3.43. The van der Waals surface area contributed by atoms with Crippen LogP contribution in [0.3, 0.4) is 0 Å². The molecule has 1 aliphatic rings. The van der Waals surface area contributed by atoms with Gasteiger partial charge in [-0.2, -0.15) is 0 Å². The zero-order chi connectivity index (χ0) is 5.11. The second kappa shape index (κ2) is 2.23. The Kier molecular flexibility index (Phi) is 1.59. The molecule has 1 radical (unpaired) electrons. The molecule has 0 fully saturated rings. The second-order valence-corrected chi connectivity index (χ2v) is 1.98. The summed E-state index contributed by atoms with van der Waals surface area (Å²) < 4.78 is 1.67. The SMILES string of the molecule is CON1C=[C]CS1. The number of hydrogen-bond donors (Lipinski definition) is 0. The summed E-state index contributed by atoms with van der Waals surface area (Å²) >= 11 is 1.59. The van der Waals surface area contributed by atoms with Crippen LogP contribution in [0.4, 0.5) is 0 Å². The van der Waals surface area contributed by atoms with Crippen LogP contribution in [0.25, 0.3) is 0 Å². The predicted octanol–water partition coefficient (Wildman–Crippen LogP) is 0.828. The van der Waals surface area contributed by atoms with Crippen molar-refractivity contribution in [1.29, 1.82) is 0 Å². The molecular weight excluding hydrogens is 110 g/mol. The molecule has 7 heavy (non-hydrogen) atoms. The van der Waals surface area contributed by atoms with Crippen molar-refractivity contribution >= 4 is 11.9 Å². The van der Waals surface area contributed by atoms with Gasteiger partial charge in [-0.15, -0.1) is 0 Å². The maximum atomic E-state index is 4.79. The highest BCUT2D eigenvalue weighted by molar-refractivity contribution is 7.97. The lowest BCUT2D eigenvalue weighted by Crippen LogP contribution is -2.00. The van der Waals surface area contributed by atoms with Gasteiger partial charge in [0.25, 0.3) is 0 Å². The van der Waals surface area contributed by atoms with Crippen LogP contribution in [0.5, 0.6) is 0 Å². The van der Waals surface area contributed by atoms with Crippen molar-refractivity contribution < 1.29 is 4.84 Å². The van der Waals surface area contributed by atoms with Crippen molar-refractivity contribution in [2.45, 2.75) is 0 Å². The van der Waals surface area contributed by atoms with Gasteiger partial charge in [0.05, 0.1) is 7.11 Å². The fourth-order valence-corrected chi connectivity index (χ4v) is 0.886. The largest absolute Gasteiger partial charge is 0.267 e. The quantitative estimate of drug-likeness (QED) is 0.471. The zero-order valence-corrected chi connectivity index (χ0v) is 4.86. The van der Waals surface area contributed by atoms with E-state index in [1.54, 1.807) is 29.7 Å². The van der Waals surface area contributed by atoms with Crippen LogP contribution in [-0.2, 0) is 4.84 Å². The van der Waals surface area contributed by atoms with Gasteiger partial charge in [0.2, 0.25) is 0 Å². The van der Waals surface area contributed by atoms with Gasteiger partial charge in [-0.05, 0) is 18.0 Å². The highest BCUT2D eigenvalue weighted by Crippen LogP contribution is 2.15. The van der Waals surface area contributed by atoms with Crippen molar-refractivity contribution in [2.75, 3.05) is 12.9 Å². The normalized spacial score (nSPS) is 18.7. The van der Waals surface area contributed by atoms with Gasteiger partial charge in [0, 0.05) is 12.0 Å². The number of hydrogen-bond acceptors (Lipinski definition) is 3. The molecule has 0 N–H and O–H groups in total. The summed E-state index contributed by atoms with van der Waals surface area (Å²) in [4.78, 5) is 4.79. The third-order valence-electron chi connectivity index (χ3n) is 0.652. The molecule has 2 nitrogen and oxygen atoms in total. The number of rotatable bonds is 1. The van der Waals surface area contributed by atoms with Gasteiger partial charge < -0.3 is 0 Å². The molecule has 0 saturated carbocycles. The van der Waals surface area contributed by atoms with E-state index >= 15 is 0 Å². The molecule has 0 amide bonds. The highest BCUT2D eigenvalue weighted by Gasteiger charge is 2.00. The third-order valence-corrected chi connectivity index (χ3v) is 1.46. The maximum Gasteiger partial charge on any atom is 0.0650 e. The van der Waals surface area contributed by atoms with Crippen molar-refractivity contribution in [3.63, 3.8) is 0 Å². The topological polar surface area (TPSA) is 12.5 Å². The standard InChI is InChI=1S/C4H6NOS/c1-6-5-3-2-4-7-5/h3H,4H2,1H3. The Balaban J connectivity index is 2.28. The zero-order valence-electron chi connectivity index (χ0n) is 4.05. The van der Waals surface area contributed by atoms with Crippen LogP contribution in [0, 0.1) is 6.08 Å². The first-order valence-corrected chi connectivity index (χ1v) is 2.90. The second-order valence-electron chi connectivity index (χ2n) is 1.07. The molecule has 1 aliphatic heterocycles. The van der Waals surface area contributed by atoms with Crippen LogP contribution in [0.15, 0.2) is 6.20 Å². The van der Waals surface area contributed by atoms with Gasteiger partial charge in [-0.3, -0.25) is 4.84 Å². The van der Waals surface area contributed by atoms with E-state index in [4.69, 9.17) is 4.84 Å². The van der Waals surface area contributed by atoms with Gasteiger partial charge in [-0.1, -0.05) is 0 Å². The highest BCUT2D eigenvalue weighted by atomic mass is 32.2. The monoisotopic (exact) mass is 116 g/mol. The van der Waals surface area contributed by atoms with E-state index in [2.05, 4.69) is 6.08 Å². The molecule has 3 heteroatoms. The minimum Gasteiger partial charge on any atom is -0.267 e. The lowest BCUT2D eigenvalue weighted by atomic mass is 10.7. The van der Waals surface area contributed by atoms with Gasteiger partial charge in [0.15, 0.2) is 0 Å². The van der Waals surface area contributed by atoms with Crippen LogP contribution < -0.4 is 0 Å². The van der Waals surface area contributed by atoms with Crippen LogP contribution in [-0.4, -0.2) is 17.3 Å². The summed E-state index contributed by atoms with van der Waals surface area (Å²) in [5.41, 5.74) is 0. The molecule has 0 unspecified atom stereocenters. The predicted molar refractivity (Wildman–Crippen MR) is 29.1 cm³/mol. The van der Waals surface area contributed by atoms with Gasteiger partial charge in [-0.25, -0.2) is 4.47 Å². The van der Waals surface area contributed by atoms with Crippen molar-refractivity contribution in [2.24, 2.45) is 0 Å². The van der Waals surface area contributed by atoms with Crippen molar-refractivity contribution in [3.8, 4) is 0 Å². The molecule has 0 aromatic carbocycles. The van der Waals surface area contributed by atoms with E-state index in [-0.39, 0.29) is 0 Å². The Morgan fingerprint density at radius 3 is 3.14 bits per heavy atom. The van der Waals surface area contributed by atoms with E-state index in [9.17, 15) is 0 Å². The minimum absolute atomic E-state index is 0.911. The summed E-state index contributed by atoms with van der Waals surface area (Å²) in [6.45, 7) is 0. The van der Waals surface area contributed by atoms with Crippen molar-refractivity contribution in [1.82, 2.24) is 4.47 Å². The first kappa shape index (κ1) is 5.00. The number of hydroxylamine groups is 1. The summed E-state index contributed by atoms with van der Waals surface area (Å²) in [6, 6.07) is 0. The summed E-state index contributed by atoms with van der Waals surface area (Å²) in [5, 5.41) is 0. The maximum absolute atomic E-state index is 4.79. The van der Waals surface area contributed by atoms with E-state index in [0.717, 1.165) is 5.75 Å². The van der Waals surface area contributed by atoms with E-state index in [0.29, 0.717) is 0 Å². The molecule has 1 rings (SSSR count). The first-order valence-electron chi connectivity index (χ1n) is 1.96. The smallest absolute Gasteiger partial charge is 0.0650 e. The molecule has 39 valence electrons. The van der Waals surface area contributed by atoms with Crippen molar-refractivity contribution in [3.05, 3.63) is 12.3 Å². The summed E-state index contributed by atoms with van der Waals surface area (Å²) in [5.74, 6) is 0.911. The molecule has 0 spiro atoms. The number of nitrogens with zero attached hydrogens (tertiary/aromatic N) is 1. The van der Waals surface area contributed by atoms with Crippen LogP contribution in [0.1, 0.15) is 0 Å².